The zero-order valence-corrected chi connectivity index (χ0v) is 21.5. The van der Waals surface area contributed by atoms with Gasteiger partial charge < -0.3 is 4.74 Å². The third-order valence-electron chi connectivity index (χ3n) is 5.44. The first-order valence-electron chi connectivity index (χ1n) is 11.0. The summed E-state index contributed by atoms with van der Waals surface area (Å²) in [6.45, 7) is 9.12. The number of rotatable bonds is 11. The molecular weight excluding hydrogens is 456 g/mol. The summed E-state index contributed by atoms with van der Waals surface area (Å²) < 4.78 is 35.0. The lowest BCUT2D eigenvalue weighted by molar-refractivity contribution is 0.159. The van der Waals surface area contributed by atoms with Gasteiger partial charge in [-0.15, -0.1) is 10.2 Å². The Balaban J connectivity index is 1.98. The molecule has 0 amide bonds. The van der Waals surface area contributed by atoms with Crippen LogP contribution in [0.3, 0.4) is 0 Å². The van der Waals surface area contributed by atoms with E-state index in [1.165, 1.54) is 15.4 Å². The molecule has 1 atom stereocenters. The van der Waals surface area contributed by atoms with E-state index in [1.807, 2.05) is 31.4 Å². The first kappa shape index (κ1) is 25.4. The molecule has 9 heteroatoms. The monoisotopic (exact) mass is 488 g/mol. The topological polar surface area (TPSA) is 77.3 Å². The Morgan fingerprint density at radius 3 is 2.42 bits per heavy atom. The number of hydrogen-bond acceptors (Lipinski definition) is 6. The van der Waals surface area contributed by atoms with Crippen LogP contribution in [0.25, 0.3) is 11.4 Å². The van der Waals surface area contributed by atoms with E-state index in [-0.39, 0.29) is 10.9 Å². The number of benzene rings is 2. The van der Waals surface area contributed by atoms with Crippen LogP contribution in [0.4, 0.5) is 0 Å². The summed E-state index contributed by atoms with van der Waals surface area (Å²) in [4.78, 5) is 0.256. The number of aryl methyl sites for hydroxylation is 1. The number of ether oxygens (including phenoxy) is 1. The Morgan fingerprint density at radius 1 is 1.09 bits per heavy atom. The van der Waals surface area contributed by atoms with Gasteiger partial charge in [0.2, 0.25) is 10.0 Å². The quantitative estimate of drug-likeness (QED) is 0.361. The van der Waals surface area contributed by atoms with E-state index < -0.39 is 10.0 Å². The van der Waals surface area contributed by atoms with Crippen LogP contribution in [0, 0.1) is 6.92 Å². The van der Waals surface area contributed by atoms with Gasteiger partial charge >= 0.3 is 0 Å². The van der Waals surface area contributed by atoms with E-state index in [1.54, 1.807) is 37.1 Å². The maximum Gasteiger partial charge on any atom is 0.243 e. The highest BCUT2D eigenvalue weighted by atomic mass is 32.2. The maximum atomic E-state index is 13.0. The normalized spacial score (nSPS) is 12.9. The minimum Gasteiger partial charge on any atom is -0.383 e. The fourth-order valence-electron chi connectivity index (χ4n) is 3.63. The van der Waals surface area contributed by atoms with Crippen molar-refractivity contribution in [3.63, 3.8) is 0 Å². The molecule has 1 heterocycles. The number of aromatic nitrogens is 3. The summed E-state index contributed by atoms with van der Waals surface area (Å²) in [7, 11) is -1.91. The minimum atomic E-state index is -3.57. The summed E-state index contributed by atoms with van der Waals surface area (Å²) in [5.74, 6) is 1.39. The fraction of sp³-hybridized carbons (Fsp3) is 0.417. The summed E-state index contributed by atoms with van der Waals surface area (Å²) in [5.41, 5.74) is 3.14. The van der Waals surface area contributed by atoms with Crippen molar-refractivity contribution in [2.75, 3.05) is 26.8 Å². The van der Waals surface area contributed by atoms with Gasteiger partial charge in [-0.05, 0) is 31.5 Å². The lowest BCUT2D eigenvalue weighted by Gasteiger charge is -2.20. The van der Waals surface area contributed by atoms with Crippen molar-refractivity contribution in [3.8, 4) is 11.4 Å². The lowest BCUT2D eigenvalue weighted by Crippen LogP contribution is -2.30. The summed E-state index contributed by atoms with van der Waals surface area (Å²) in [6, 6.07) is 15.3. The van der Waals surface area contributed by atoms with Crippen molar-refractivity contribution in [1.29, 1.82) is 0 Å². The van der Waals surface area contributed by atoms with Crippen molar-refractivity contribution < 1.29 is 13.2 Å². The molecule has 2 aromatic carbocycles. The van der Waals surface area contributed by atoms with Crippen LogP contribution in [0.15, 0.2) is 58.6 Å². The van der Waals surface area contributed by atoms with Crippen LogP contribution in [-0.4, -0.2) is 54.3 Å². The van der Waals surface area contributed by atoms with Crippen molar-refractivity contribution in [2.45, 2.75) is 49.5 Å². The van der Waals surface area contributed by atoms with E-state index in [9.17, 15) is 8.42 Å². The van der Waals surface area contributed by atoms with E-state index in [4.69, 9.17) is 4.74 Å². The molecule has 0 aliphatic rings. The third-order valence-corrected chi connectivity index (χ3v) is 8.50. The van der Waals surface area contributed by atoms with E-state index in [0.29, 0.717) is 31.1 Å². The molecule has 0 saturated carbocycles. The zero-order chi connectivity index (χ0) is 24.0. The van der Waals surface area contributed by atoms with Gasteiger partial charge in [0.05, 0.1) is 17.5 Å². The average molecular weight is 489 g/mol. The van der Waals surface area contributed by atoms with Crippen LogP contribution < -0.4 is 0 Å². The second-order valence-corrected chi connectivity index (χ2v) is 10.8. The Kier molecular flexibility index (Phi) is 8.69. The molecule has 3 aromatic rings. The number of nitrogens with zero attached hydrogens (tertiary/aromatic N) is 4. The van der Waals surface area contributed by atoms with Gasteiger partial charge in [0.25, 0.3) is 0 Å². The Labute approximate surface area is 201 Å². The van der Waals surface area contributed by atoms with Crippen LogP contribution >= 0.6 is 11.8 Å². The Bertz CT molecular complexity index is 1160. The molecule has 178 valence electrons. The minimum absolute atomic E-state index is 0.0245. The molecule has 3 rings (SSSR count). The molecule has 0 spiro atoms. The second-order valence-electron chi connectivity index (χ2n) is 7.87. The molecule has 0 fully saturated rings. The van der Waals surface area contributed by atoms with E-state index in [2.05, 4.69) is 41.4 Å². The van der Waals surface area contributed by atoms with E-state index in [0.717, 1.165) is 10.9 Å². The van der Waals surface area contributed by atoms with Crippen LogP contribution in [0.2, 0.25) is 0 Å². The Hall–Kier alpha value is -2.20. The molecule has 0 radical (unpaired) electrons. The third kappa shape index (κ3) is 5.84. The van der Waals surface area contributed by atoms with Crippen LogP contribution in [-0.2, 0) is 20.5 Å². The Morgan fingerprint density at radius 2 is 1.79 bits per heavy atom. The largest absolute Gasteiger partial charge is 0.383 e. The number of sulfonamides is 1. The standard InChI is InChI=1S/C24H32N4O3S2/c1-6-27(7-2)33(29,30)22-10-8-9-21(15-22)23-25-26-24(28(23)19(4)16-31-5)32-17-20-13-11-18(3)12-14-20/h8-15,19H,6-7,16-17H2,1-5H3/t19-/m0/s1. The maximum absolute atomic E-state index is 13.0. The molecular formula is C24H32N4O3S2. The molecule has 33 heavy (non-hydrogen) atoms. The first-order chi connectivity index (χ1) is 15.8. The predicted molar refractivity (Wildman–Crippen MR) is 133 cm³/mol. The highest BCUT2D eigenvalue weighted by Gasteiger charge is 2.24. The number of thioether (sulfide) groups is 1. The second kappa shape index (κ2) is 11.3. The molecule has 1 aromatic heterocycles. The fourth-order valence-corrected chi connectivity index (χ4v) is 6.12. The summed E-state index contributed by atoms with van der Waals surface area (Å²) >= 11 is 1.60. The summed E-state index contributed by atoms with van der Waals surface area (Å²) in [6.07, 6.45) is 0. The van der Waals surface area contributed by atoms with Crippen molar-refractivity contribution >= 4 is 21.8 Å². The molecule has 7 nitrogen and oxygen atoms in total. The van der Waals surface area contributed by atoms with Gasteiger partial charge in [-0.2, -0.15) is 4.31 Å². The van der Waals surface area contributed by atoms with Gasteiger partial charge in [0, 0.05) is 31.5 Å². The van der Waals surface area contributed by atoms with Crippen molar-refractivity contribution in [1.82, 2.24) is 19.1 Å². The molecule has 0 N–H and O–H groups in total. The molecule has 0 saturated heterocycles. The first-order valence-corrected chi connectivity index (χ1v) is 13.5. The van der Waals surface area contributed by atoms with Crippen molar-refractivity contribution in [2.24, 2.45) is 0 Å². The lowest BCUT2D eigenvalue weighted by atomic mass is 10.2. The van der Waals surface area contributed by atoms with Gasteiger partial charge in [-0.25, -0.2) is 8.42 Å². The molecule has 0 bridgehead atoms. The number of hydrogen-bond donors (Lipinski definition) is 0. The van der Waals surface area contributed by atoms with Gasteiger partial charge in [0.15, 0.2) is 11.0 Å². The smallest absolute Gasteiger partial charge is 0.243 e. The van der Waals surface area contributed by atoms with Crippen molar-refractivity contribution in [3.05, 3.63) is 59.7 Å². The number of methoxy groups -OCH3 is 1. The molecule has 0 aliphatic carbocycles. The van der Waals surface area contributed by atoms with Crippen LogP contribution in [0.1, 0.15) is 37.9 Å². The zero-order valence-electron chi connectivity index (χ0n) is 19.9. The molecule has 0 aliphatic heterocycles. The SMILES string of the molecule is CCN(CC)S(=O)(=O)c1cccc(-c2nnc(SCc3ccc(C)cc3)n2[C@@H](C)COC)c1. The molecule has 0 unspecified atom stereocenters. The van der Waals surface area contributed by atoms with Gasteiger partial charge in [0.1, 0.15) is 0 Å². The summed E-state index contributed by atoms with van der Waals surface area (Å²) in [5, 5.41) is 9.67. The average Bonchev–Trinajstić information content (AvgIpc) is 3.24. The van der Waals surface area contributed by atoms with Gasteiger partial charge in [-0.3, -0.25) is 4.57 Å². The highest BCUT2D eigenvalue weighted by molar-refractivity contribution is 7.98. The van der Waals surface area contributed by atoms with Crippen LogP contribution in [0.5, 0.6) is 0 Å². The highest BCUT2D eigenvalue weighted by Crippen LogP contribution is 2.31. The van der Waals surface area contributed by atoms with Gasteiger partial charge in [-0.1, -0.05) is 67.6 Å². The van der Waals surface area contributed by atoms with E-state index >= 15 is 0 Å². The predicted octanol–water partition coefficient (Wildman–Crippen LogP) is 4.78.